The van der Waals surface area contributed by atoms with Crippen LogP contribution in [0.3, 0.4) is 0 Å². The maximum atomic E-state index is 12.0. The van der Waals surface area contributed by atoms with Crippen molar-refractivity contribution in [1.82, 2.24) is 5.32 Å². The molecule has 0 aromatic carbocycles. The van der Waals surface area contributed by atoms with Gasteiger partial charge in [-0.1, -0.05) is 26.8 Å². The SMILES string of the molecule is CCOC(=O)C=CC(CO[Si](C)(C)C(C)(C)C)NC(=O)OC(C)(C)C. The maximum absolute atomic E-state index is 12.0. The van der Waals surface area contributed by atoms with Crippen molar-refractivity contribution in [2.45, 2.75) is 78.2 Å². The fourth-order valence-corrected chi connectivity index (χ4v) is 2.53. The smallest absolute Gasteiger partial charge is 0.408 e. The van der Waals surface area contributed by atoms with Crippen molar-refractivity contribution in [2.24, 2.45) is 0 Å². The lowest BCUT2D eigenvalue weighted by Gasteiger charge is -2.37. The lowest BCUT2D eigenvalue weighted by atomic mass is 10.2. The summed E-state index contributed by atoms with van der Waals surface area (Å²) >= 11 is 0. The molecule has 1 N–H and O–H groups in total. The Hall–Kier alpha value is -1.34. The third-order valence-electron chi connectivity index (χ3n) is 3.88. The number of carbonyl (C=O) groups is 2. The molecule has 146 valence electrons. The number of hydrogen-bond acceptors (Lipinski definition) is 5. The summed E-state index contributed by atoms with van der Waals surface area (Å²) in [6, 6.07) is -0.478. The first kappa shape index (κ1) is 23.7. The van der Waals surface area contributed by atoms with Crippen LogP contribution in [0, 0.1) is 0 Å². The van der Waals surface area contributed by atoms with Crippen LogP contribution in [0.4, 0.5) is 4.79 Å². The lowest BCUT2D eigenvalue weighted by molar-refractivity contribution is -0.137. The quantitative estimate of drug-likeness (QED) is 0.414. The van der Waals surface area contributed by atoms with Gasteiger partial charge in [0.25, 0.3) is 0 Å². The van der Waals surface area contributed by atoms with E-state index in [1.165, 1.54) is 6.08 Å². The van der Waals surface area contributed by atoms with Gasteiger partial charge in [0, 0.05) is 6.08 Å². The van der Waals surface area contributed by atoms with Crippen LogP contribution in [0.5, 0.6) is 0 Å². The van der Waals surface area contributed by atoms with Crippen molar-refractivity contribution in [3.63, 3.8) is 0 Å². The van der Waals surface area contributed by atoms with Crippen molar-refractivity contribution in [2.75, 3.05) is 13.2 Å². The molecule has 0 heterocycles. The van der Waals surface area contributed by atoms with E-state index < -0.39 is 32.0 Å². The molecule has 0 rings (SSSR count). The molecule has 1 atom stereocenters. The molecule has 0 bridgehead atoms. The molecular weight excluding hydrogens is 338 g/mol. The molecule has 0 aliphatic carbocycles. The third-order valence-corrected chi connectivity index (χ3v) is 8.38. The Morgan fingerprint density at radius 2 is 1.68 bits per heavy atom. The molecule has 1 unspecified atom stereocenters. The Morgan fingerprint density at radius 3 is 2.12 bits per heavy atom. The predicted molar refractivity (Wildman–Crippen MR) is 102 cm³/mol. The monoisotopic (exact) mass is 373 g/mol. The Labute approximate surface area is 153 Å². The number of nitrogens with one attached hydrogen (secondary N) is 1. The molecule has 0 aromatic rings. The van der Waals surface area contributed by atoms with Gasteiger partial charge in [-0.3, -0.25) is 0 Å². The molecule has 0 aliphatic heterocycles. The van der Waals surface area contributed by atoms with Gasteiger partial charge in [0.1, 0.15) is 5.60 Å². The number of esters is 1. The van der Waals surface area contributed by atoms with Crippen LogP contribution in [-0.2, 0) is 18.7 Å². The van der Waals surface area contributed by atoms with Gasteiger partial charge in [0.2, 0.25) is 0 Å². The van der Waals surface area contributed by atoms with E-state index in [2.05, 4.69) is 39.2 Å². The largest absolute Gasteiger partial charge is 0.463 e. The summed E-state index contributed by atoms with van der Waals surface area (Å²) in [7, 11) is -1.98. The predicted octanol–water partition coefficient (Wildman–Crippen LogP) is 4.02. The molecule has 0 saturated carbocycles. The molecule has 0 fully saturated rings. The van der Waals surface area contributed by atoms with E-state index in [0.29, 0.717) is 6.61 Å². The molecule has 25 heavy (non-hydrogen) atoms. The van der Waals surface area contributed by atoms with Crippen molar-refractivity contribution in [1.29, 1.82) is 0 Å². The first-order chi connectivity index (χ1) is 11.2. The highest BCUT2D eigenvalue weighted by atomic mass is 28.4. The summed E-state index contributed by atoms with van der Waals surface area (Å²) in [5.41, 5.74) is -0.597. The lowest BCUT2D eigenvalue weighted by Crippen LogP contribution is -2.46. The zero-order valence-electron chi connectivity index (χ0n) is 17.2. The second-order valence-corrected chi connectivity index (χ2v) is 13.2. The van der Waals surface area contributed by atoms with Gasteiger partial charge < -0.3 is 19.2 Å². The van der Waals surface area contributed by atoms with E-state index in [0.717, 1.165) is 0 Å². The van der Waals surface area contributed by atoms with Gasteiger partial charge in [0.15, 0.2) is 8.32 Å². The van der Waals surface area contributed by atoms with E-state index in [-0.39, 0.29) is 11.6 Å². The number of ether oxygens (including phenoxy) is 2. The van der Waals surface area contributed by atoms with Gasteiger partial charge in [-0.2, -0.15) is 0 Å². The highest BCUT2D eigenvalue weighted by Gasteiger charge is 2.37. The standard InChI is InChI=1S/C18H35NO5Si/c1-10-22-15(20)12-11-14(19-16(21)24-17(2,3)4)13-23-25(8,9)18(5,6)7/h11-12,14H,10,13H2,1-9H3,(H,19,21). The number of amides is 1. The molecule has 6 nitrogen and oxygen atoms in total. The van der Waals surface area contributed by atoms with Crippen LogP contribution >= 0.6 is 0 Å². The van der Waals surface area contributed by atoms with Crippen LogP contribution < -0.4 is 5.32 Å². The zero-order valence-corrected chi connectivity index (χ0v) is 18.2. The molecule has 0 aliphatic rings. The molecule has 0 spiro atoms. The average molecular weight is 374 g/mol. The van der Waals surface area contributed by atoms with Crippen molar-refractivity contribution in [3.05, 3.63) is 12.2 Å². The molecule has 0 radical (unpaired) electrons. The summed E-state index contributed by atoms with van der Waals surface area (Å²) in [5, 5.41) is 2.79. The Balaban J connectivity index is 5.01. The fraction of sp³-hybridized carbons (Fsp3) is 0.778. The zero-order chi connectivity index (χ0) is 19.9. The van der Waals surface area contributed by atoms with E-state index >= 15 is 0 Å². The Kier molecular flexibility index (Phi) is 8.88. The van der Waals surface area contributed by atoms with Crippen LogP contribution in [0.1, 0.15) is 48.5 Å². The minimum atomic E-state index is -1.98. The summed E-state index contributed by atoms with van der Waals surface area (Å²) < 4.78 is 16.3. The Morgan fingerprint density at radius 1 is 1.12 bits per heavy atom. The van der Waals surface area contributed by atoms with Crippen LogP contribution in [0.25, 0.3) is 0 Å². The van der Waals surface area contributed by atoms with Crippen LogP contribution in [0.2, 0.25) is 18.1 Å². The third kappa shape index (κ3) is 10.3. The topological polar surface area (TPSA) is 73.9 Å². The highest BCUT2D eigenvalue weighted by Crippen LogP contribution is 2.36. The molecule has 0 aromatic heterocycles. The maximum Gasteiger partial charge on any atom is 0.408 e. The van der Waals surface area contributed by atoms with Crippen molar-refractivity contribution in [3.8, 4) is 0 Å². The number of alkyl carbamates (subject to hydrolysis) is 1. The fourth-order valence-electron chi connectivity index (χ4n) is 1.50. The van der Waals surface area contributed by atoms with Gasteiger partial charge in [0.05, 0.1) is 19.3 Å². The van der Waals surface area contributed by atoms with Gasteiger partial charge >= 0.3 is 12.1 Å². The molecule has 7 heteroatoms. The van der Waals surface area contributed by atoms with Gasteiger partial charge in [-0.15, -0.1) is 0 Å². The van der Waals surface area contributed by atoms with Crippen LogP contribution in [-0.4, -0.2) is 45.2 Å². The summed E-state index contributed by atoms with van der Waals surface area (Å²) in [6.45, 7) is 18.4. The second-order valence-electron chi connectivity index (χ2n) is 8.44. The van der Waals surface area contributed by atoms with E-state index in [1.807, 2.05) is 0 Å². The van der Waals surface area contributed by atoms with Crippen LogP contribution in [0.15, 0.2) is 12.2 Å². The van der Waals surface area contributed by atoms with Crippen molar-refractivity contribution < 1.29 is 23.5 Å². The van der Waals surface area contributed by atoms with Gasteiger partial charge in [-0.05, 0) is 45.8 Å². The number of hydrogen-bond donors (Lipinski definition) is 1. The summed E-state index contributed by atoms with van der Waals surface area (Å²) in [4.78, 5) is 23.6. The average Bonchev–Trinajstić information content (AvgIpc) is 2.38. The van der Waals surface area contributed by atoms with E-state index in [9.17, 15) is 9.59 Å². The first-order valence-corrected chi connectivity index (χ1v) is 11.6. The van der Waals surface area contributed by atoms with Gasteiger partial charge in [-0.25, -0.2) is 9.59 Å². The highest BCUT2D eigenvalue weighted by molar-refractivity contribution is 6.74. The summed E-state index contributed by atoms with van der Waals surface area (Å²) in [5.74, 6) is -0.453. The minimum Gasteiger partial charge on any atom is -0.463 e. The Bertz CT molecular complexity index is 475. The molecule has 0 saturated heterocycles. The molecular formula is C18H35NO5Si. The molecule has 1 amide bonds. The second kappa shape index (κ2) is 9.38. The number of carbonyl (C=O) groups excluding carboxylic acids is 2. The van der Waals surface area contributed by atoms with E-state index in [4.69, 9.17) is 13.9 Å². The summed E-state index contributed by atoms with van der Waals surface area (Å²) in [6.07, 6.45) is 2.33. The van der Waals surface area contributed by atoms with E-state index in [1.54, 1.807) is 33.8 Å². The first-order valence-electron chi connectivity index (χ1n) is 8.66. The number of rotatable bonds is 7. The normalized spacial score (nSPS) is 14.3. The minimum absolute atomic E-state index is 0.0499. The van der Waals surface area contributed by atoms with Crippen molar-refractivity contribution >= 4 is 20.4 Å².